The standard InChI is InChI=1S/C19H20ClNO3S/c1-25(23,24)15-8-6-14(7-9-15)16(12-13-4-2-3-5-13)18-11-10-17(20)19(22)21-18/h6-13H,2-5H2,1H3,(H,21,22)/b16-12+. The molecule has 0 aliphatic heterocycles. The highest BCUT2D eigenvalue weighted by molar-refractivity contribution is 7.90. The maximum absolute atomic E-state index is 11.9. The van der Waals surface area contributed by atoms with Crippen LogP contribution in [0.2, 0.25) is 5.02 Å². The highest BCUT2D eigenvalue weighted by Gasteiger charge is 2.16. The van der Waals surface area contributed by atoms with Crippen molar-refractivity contribution in [3.8, 4) is 0 Å². The highest BCUT2D eigenvalue weighted by Crippen LogP contribution is 2.31. The van der Waals surface area contributed by atoms with Crippen molar-refractivity contribution in [2.45, 2.75) is 30.6 Å². The first-order valence-electron chi connectivity index (χ1n) is 8.26. The van der Waals surface area contributed by atoms with Crippen LogP contribution in [0, 0.1) is 5.92 Å². The quantitative estimate of drug-likeness (QED) is 0.873. The summed E-state index contributed by atoms with van der Waals surface area (Å²) in [5.41, 5.74) is 2.13. The van der Waals surface area contributed by atoms with Crippen LogP contribution < -0.4 is 5.56 Å². The number of aromatic nitrogens is 1. The van der Waals surface area contributed by atoms with Crippen molar-refractivity contribution >= 4 is 27.0 Å². The van der Waals surface area contributed by atoms with E-state index in [0.717, 1.165) is 24.0 Å². The largest absolute Gasteiger partial charge is 0.321 e. The van der Waals surface area contributed by atoms with Gasteiger partial charge < -0.3 is 4.98 Å². The van der Waals surface area contributed by atoms with E-state index in [-0.39, 0.29) is 15.5 Å². The smallest absolute Gasteiger partial charge is 0.267 e. The van der Waals surface area contributed by atoms with Crippen LogP contribution in [-0.2, 0) is 9.84 Å². The lowest BCUT2D eigenvalue weighted by Crippen LogP contribution is -2.09. The van der Waals surface area contributed by atoms with Gasteiger partial charge in [-0.3, -0.25) is 4.79 Å². The molecule has 1 fully saturated rings. The number of aromatic amines is 1. The minimum Gasteiger partial charge on any atom is -0.321 e. The Morgan fingerprint density at radius 1 is 1.12 bits per heavy atom. The second-order valence-corrected chi connectivity index (χ2v) is 8.89. The van der Waals surface area contributed by atoms with Gasteiger partial charge in [-0.15, -0.1) is 0 Å². The molecule has 1 heterocycles. The second kappa shape index (κ2) is 7.18. The van der Waals surface area contributed by atoms with Gasteiger partial charge in [-0.2, -0.15) is 0 Å². The Labute approximate surface area is 152 Å². The number of halogens is 1. The van der Waals surface area contributed by atoms with Crippen molar-refractivity contribution in [1.29, 1.82) is 0 Å². The van der Waals surface area contributed by atoms with Gasteiger partial charge >= 0.3 is 0 Å². The summed E-state index contributed by atoms with van der Waals surface area (Å²) >= 11 is 5.84. The molecule has 0 saturated heterocycles. The van der Waals surface area contributed by atoms with E-state index in [2.05, 4.69) is 11.1 Å². The van der Waals surface area contributed by atoms with Crippen LogP contribution in [0.4, 0.5) is 0 Å². The zero-order valence-corrected chi connectivity index (χ0v) is 15.5. The van der Waals surface area contributed by atoms with Gasteiger partial charge in [-0.1, -0.05) is 42.7 Å². The van der Waals surface area contributed by atoms with E-state index < -0.39 is 9.84 Å². The zero-order valence-electron chi connectivity index (χ0n) is 14.0. The van der Waals surface area contributed by atoms with Crippen molar-refractivity contribution in [2.24, 2.45) is 5.92 Å². The van der Waals surface area contributed by atoms with Gasteiger partial charge in [0.2, 0.25) is 0 Å². The molecule has 1 aliphatic rings. The van der Waals surface area contributed by atoms with E-state index in [1.165, 1.54) is 19.1 Å². The topological polar surface area (TPSA) is 67.0 Å². The van der Waals surface area contributed by atoms with Crippen molar-refractivity contribution in [3.05, 3.63) is 69.1 Å². The Morgan fingerprint density at radius 3 is 2.32 bits per heavy atom. The van der Waals surface area contributed by atoms with Gasteiger partial charge in [0.05, 0.1) is 4.90 Å². The number of benzene rings is 1. The number of sulfone groups is 1. The molecule has 6 heteroatoms. The summed E-state index contributed by atoms with van der Waals surface area (Å²) in [5.74, 6) is 0.462. The number of hydrogen-bond acceptors (Lipinski definition) is 3. The normalized spacial score (nSPS) is 16.3. The van der Waals surface area contributed by atoms with Gasteiger partial charge in [-0.05, 0) is 48.6 Å². The number of H-pyrrole nitrogens is 1. The molecular weight excluding hydrogens is 358 g/mol. The summed E-state index contributed by atoms with van der Waals surface area (Å²) in [6.07, 6.45) is 8.04. The second-order valence-electron chi connectivity index (χ2n) is 6.47. The Balaban J connectivity index is 2.07. The Kier molecular flexibility index (Phi) is 5.16. The Morgan fingerprint density at radius 2 is 1.76 bits per heavy atom. The summed E-state index contributed by atoms with van der Waals surface area (Å²) < 4.78 is 23.3. The number of nitrogens with one attached hydrogen (secondary N) is 1. The number of hydrogen-bond donors (Lipinski definition) is 1. The summed E-state index contributed by atoms with van der Waals surface area (Å²) in [4.78, 5) is 15.0. The van der Waals surface area contributed by atoms with Crippen LogP contribution in [-0.4, -0.2) is 19.7 Å². The van der Waals surface area contributed by atoms with Crippen LogP contribution >= 0.6 is 11.6 Å². The van der Waals surface area contributed by atoms with Crippen molar-refractivity contribution in [1.82, 2.24) is 4.98 Å². The predicted molar refractivity (Wildman–Crippen MR) is 101 cm³/mol. The molecule has 25 heavy (non-hydrogen) atoms. The third-order valence-corrected chi connectivity index (χ3v) is 5.97. The molecule has 1 saturated carbocycles. The van der Waals surface area contributed by atoms with Crippen LogP contribution in [0.15, 0.2) is 52.2 Å². The number of allylic oxidation sites excluding steroid dienone is 1. The summed E-state index contributed by atoms with van der Waals surface area (Å²) in [7, 11) is -3.24. The van der Waals surface area contributed by atoms with E-state index in [4.69, 9.17) is 11.6 Å². The van der Waals surface area contributed by atoms with Crippen molar-refractivity contribution < 1.29 is 8.42 Å². The summed E-state index contributed by atoms with van der Waals surface area (Å²) in [6, 6.07) is 10.1. The fraction of sp³-hybridized carbons (Fsp3) is 0.316. The van der Waals surface area contributed by atoms with E-state index in [1.54, 1.807) is 36.4 Å². The monoisotopic (exact) mass is 377 g/mol. The highest BCUT2D eigenvalue weighted by atomic mass is 35.5. The minimum absolute atomic E-state index is 0.149. The molecule has 0 bridgehead atoms. The lowest BCUT2D eigenvalue weighted by atomic mass is 9.96. The molecular formula is C19H20ClNO3S. The lowest BCUT2D eigenvalue weighted by molar-refractivity contribution is 0.602. The van der Waals surface area contributed by atoms with E-state index in [9.17, 15) is 13.2 Å². The molecule has 2 aromatic rings. The maximum Gasteiger partial charge on any atom is 0.267 e. The summed E-state index contributed by atoms with van der Waals surface area (Å²) in [5, 5.41) is 0.149. The predicted octanol–water partition coefficient (Wildman–Crippen LogP) is 4.05. The van der Waals surface area contributed by atoms with E-state index >= 15 is 0 Å². The fourth-order valence-corrected chi connectivity index (χ4v) is 3.94. The molecule has 1 aromatic heterocycles. The number of rotatable bonds is 4. The van der Waals surface area contributed by atoms with Crippen LogP contribution in [0.5, 0.6) is 0 Å². The van der Waals surface area contributed by atoms with Gasteiger partial charge in [0.1, 0.15) is 5.02 Å². The molecule has 4 nitrogen and oxygen atoms in total. The fourth-order valence-electron chi connectivity index (χ4n) is 3.20. The van der Waals surface area contributed by atoms with E-state index in [0.29, 0.717) is 11.6 Å². The Hall–Kier alpha value is -1.85. The molecule has 3 rings (SSSR count). The van der Waals surface area contributed by atoms with Crippen molar-refractivity contribution in [2.75, 3.05) is 6.26 Å². The first-order valence-corrected chi connectivity index (χ1v) is 10.5. The third kappa shape index (κ3) is 4.22. The van der Waals surface area contributed by atoms with E-state index in [1.807, 2.05) is 0 Å². The average molecular weight is 378 g/mol. The first kappa shape index (κ1) is 18.0. The molecule has 1 aliphatic carbocycles. The molecule has 1 aromatic carbocycles. The molecule has 0 amide bonds. The Bertz CT molecular complexity index is 953. The first-order chi connectivity index (χ1) is 11.8. The van der Waals surface area contributed by atoms with Gasteiger partial charge in [0, 0.05) is 17.5 Å². The van der Waals surface area contributed by atoms with Crippen molar-refractivity contribution in [3.63, 3.8) is 0 Å². The molecule has 0 spiro atoms. The van der Waals surface area contributed by atoms with Gasteiger partial charge in [0.15, 0.2) is 9.84 Å². The lowest BCUT2D eigenvalue weighted by Gasteiger charge is -2.12. The van der Waals surface area contributed by atoms with Gasteiger partial charge in [0.25, 0.3) is 5.56 Å². The zero-order chi connectivity index (χ0) is 18.0. The van der Waals surface area contributed by atoms with Gasteiger partial charge in [-0.25, -0.2) is 8.42 Å². The van der Waals surface area contributed by atoms with Crippen LogP contribution in [0.3, 0.4) is 0 Å². The molecule has 0 unspecified atom stereocenters. The third-order valence-electron chi connectivity index (χ3n) is 4.55. The molecule has 132 valence electrons. The van der Waals surface area contributed by atoms with Crippen LogP contribution in [0.1, 0.15) is 36.9 Å². The number of pyridine rings is 1. The maximum atomic E-state index is 11.9. The average Bonchev–Trinajstić information content (AvgIpc) is 3.08. The molecule has 0 atom stereocenters. The summed E-state index contributed by atoms with van der Waals surface area (Å²) in [6.45, 7) is 0. The SMILES string of the molecule is CS(=O)(=O)c1ccc(/C(=C\C2CCCC2)c2ccc(Cl)c(=O)[nH]2)cc1. The molecule has 0 radical (unpaired) electrons. The van der Waals surface area contributed by atoms with Crippen LogP contribution in [0.25, 0.3) is 5.57 Å². The minimum atomic E-state index is -3.24. The molecule has 1 N–H and O–H groups in total.